The zero-order chi connectivity index (χ0) is 30.2. The van der Waals surface area contributed by atoms with Crippen LogP contribution in [0, 0.1) is 22.2 Å². The molecule has 0 amide bonds. The summed E-state index contributed by atoms with van der Waals surface area (Å²) in [4.78, 5) is 0. The van der Waals surface area contributed by atoms with Crippen LogP contribution in [0.2, 0.25) is 0 Å². The quantitative estimate of drug-likeness (QED) is 0.0795. The average molecular weight is 563 g/mol. The van der Waals surface area contributed by atoms with E-state index in [9.17, 15) is 0 Å². The van der Waals surface area contributed by atoms with Crippen LogP contribution in [-0.2, 0) is 0 Å². The normalized spacial score (nSPS) is 13.7. The van der Waals surface area contributed by atoms with E-state index in [0.29, 0.717) is 16.2 Å². The molecule has 0 saturated heterocycles. The van der Waals surface area contributed by atoms with Crippen molar-refractivity contribution >= 4 is 0 Å². The van der Waals surface area contributed by atoms with Crippen molar-refractivity contribution in [2.75, 3.05) is 0 Å². The first-order chi connectivity index (χ1) is 19.0. The fourth-order valence-corrected chi connectivity index (χ4v) is 6.71. The predicted molar refractivity (Wildman–Crippen MR) is 187 cm³/mol. The van der Waals surface area contributed by atoms with Gasteiger partial charge in [-0.1, -0.05) is 236 Å². The van der Waals surface area contributed by atoms with Gasteiger partial charge in [-0.15, -0.1) is 0 Å². The number of hydrogen-bond acceptors (Lipinski definition) is 0. The molecule has 0 heterocycles. The summed E-state index contributed by atoms with van der Waals surface area (Å²) in [6.45, 7) is 22.1. The van der Waals surface area contributed by atoms with Crippen molar-refractivity contribution in [3.63, 3.8) is 0 Å². The first kappa shape index (κ1) is 40.0. The van der Waals surface area contributed by atoms with Gasteiger partial charge in [-0.25, -0.2) is 0 Å². The van der Waals surface area contributed by atoms with Crippen molar-refractivity contribution < 1.29 is 0 Å². The van der Waals surface area contributed by atoms with Crippen molar-refractivity contribution in [3.8, 4) is 0 Å². The lowest BCUT2D eigenvalue weighted by Crippen LogP contribution is -2.46. The largest absolute Gasteiger partial charge is 0.0654 e. The van der Waals surface area contributed by atoms with E-state index in [1.54, 1.807) is 0 Å². The van der Waals surface area contributed by atoms with Gasteiger partial charge in [-0.2, -0.15) is 0 Å². The molecule has 1 atom stereocenters. The smallest absolute Gasteiger partial charge is 0.0252 e. The summed E-state index contributed by atoms with van der Waals surface area (Å²) in [7, 11) is 0. The van der Waals surface area contributed by atoms with Crippen molar-refractivity contribution in [2.45, 2.75) is 236 Å². The molecule has 0 N–H and O–H groups in total. The summed E-state index contributed by atoms with van der Waals surface area (Å²) in [5.41, 5.74) is 1.05. The van der Waals surface area contributed by atoms with Crippen LogP contribution in [0.25, 0.3) is 0 Å². The molecule has 0 aromatic heterocycles. The van der Waals surface area contributed by atoms with Gasteiger partial charge in [-0.05, 0) is 22.2 Å². The Morgan fingerprint density at radius 2 is 0.575 bits per heavy atom. The maximum atomic E-state index is 2.52. The topological polar surface area (TPSA) is 0 Å². The van der Waals surface area contributed by atoms with Gasteiger partial charge in [0.15, 0.2) is 0 Å². The predicted octanol–water partition coefficient (Wildman–Crippen LogP) is 15.3. The SMILES string of the molecule is CCCCCCCCCCCCCCCCCCCCCCCCCCCCC(C)C(C)(C)C(C)(C)C(C)(C)C. The van der Waals surface area contributed by atoms with Crippen molar-refractivity contribution in [3.05, 3.63) is 0 Å². The highest BCUT2D eigenvalue weighted by atomic mass is 14.5. The van der Waals surface area contributed by atoms with Gasteiger partial charge >= 0.3 is 0 Å². The molecular formula is C40H82. The third-order valence-electron chi connectivity index (χ3n) is 11.7. The molecule has 0 aliphatic heterocycles. The summed E-state index contributed by atoms with van der Waals surface area (Å²) >= 11 is 0. The maximum Gasteiger partial charge on any atom is -0.0252 e. The van der Waals surface area contributed by atoms with Crippen LogP contribution in [0.3, 0.4) is 0 Å². The standard InChI is InChI=1S/C40H82/c1-10-11-12-13-14-15-16-17-18-19-20-21-22-23-24-25-26-27-28-29-30-31-32-33-34-35-36-37(2)39(6,7)40(8,9)38(3,4)5/h37H,10-36H2,1-9H3. The second-order valence-corrected chi connectivity index (χ2v) is 16.1. The van der Waals surface area contributed by atoms with Crippen LogP contribution in [0.4, 0.5) is 0 Å². The van der Waals surface area contributed by atoms with Crippen molar-refractivity contribution in [1.29, 1.82) is 0 Å². The lowest BCUT2D eigenvalue weighted by atomic mass is 9.51. The zero-order valence-corrected chi connectivity index (χ0v) is 30.2. The third kappa shape index (κ3) is 19.2. The van der Waals surface area contributed by atoms with Crippen molar-refractivity contribution in [1.82, 2.24) is 0 Å². The van der Waals surface area contributed by atoms with Gasteiger partial charge in [0, 0.05) is 0 Å². The molecule has 1 unspecified atom stereocenters. The Kier molecular flexibility index (Phi) is 24.4. The van der Waals surface area contributed by atoms with E-state index < -0.39 is 0 Å². The minimum absolute atomic E-state index is 0.339. The molecule has 40 heavy (non-hydrogen) atoms. The summed E-state index contributed by atoms with van der Waals surface area (Å²) in [5.74, 6) is 0.788. The average Bonchev–Trinajstić information content (AvgIpc) is 2.89. The van der Waals surface area contributed by atoms with E-state index in [-0.39, 0.29) is 0 Å². The van der Waals surface area contributed by atoms with E-state index in [4.69, 9.17) is 0 Å². The lowest BCUT2D eigenvalue weighted by molar-refractivity contribution is -0.0466. The number of hydrogen-bond donors (Lipinski definition) is 0. The molecule has 0 aliphatic carbocycles. The van der Waals surface area contributed by atoms with Crippen LogP contribution in [-0.4, -0.2) is 0 Å². The second-order valence-electron chi connectivity index (χ2n) is 16.1. The Morgan fingerprint density at radius 3 is 0.800 bits per heavy atom. The maximum absolute atomic E-state index is 2.52. The van der Waals surface area contributed by atoms with E-state index in [1.165, 1.54) is 173 Å². The fourth-order valence-electron chi connectivity index (χ4n) is 6.71. The molecule has 0 radical (unpaired) electrons. The molecule has 0 aromatic carbocycles. The Bertz CT molecular complexity index is 519. The molecule has 0 nitrogen and oxygen atoms in total. The van der Waals surface area contributed by atoms with Crippen LogP contribution in [0.1, 0.15) is 236 Å². The molecule has 0 spiro atoms. The molecule has 242 valence electrons. The molecule has 0 aliphatic rings. The first-order valence-corrected chi connectivity index (χ1v) is 19.0. The van der Waals surface area contributed by atoms with Crippen LogP contribution in [0.15, 0.2) is 0 Å². The third-order valence-corrected chi connectivity index (χ3v) is 11.7. The first-order valence-electron chi connectivity index (χ1n) is 19.0. The van der Waals surface area contributed by atoms with Gasteiger partial charge in [0.1, 0.15) is 0 Å². The monoisotopic (exact) mass is 563 g/mol. The highest BCUT2D eigenvalue weighted by Gasteiger charge is 2.47. The van der Waals surface area contributed by atoms with Gasteiger partial charge in [0.05, 0.1) is 0 Å². The lowest BCUT2D eigenvalue weighted by Gasteiger charge is -2.54. The minimum Gasteiger partial charge on any atom is -0.0654 e. The molecule has 0 aromatic rings. The molecule has 0 fully saturated rings. The van der Waals surface area contributed by atoms with Crippen LogP contribution < -0.4 is 0 Å². The van der Waals surface area contributed by atoms with Crippen LogP contribution in [0.5, 0.6) is 0 Å². The number of unbranched alkanes of at least 4 members (excludes halogenated alkanes) is 25. The molecular weight excluding hydrogens is 480 g/mol. The van der Waals surface area contributed by atoms with Crippen molar-refractivity contribution in [2.24, 2.45) is 22.2 Å². The van der Waals surface area contributed by atoms with Crippen LogP contribution >= 0.6 is 0 Å². The Labute approximate surface area is 257 Å². The molecule has 0 rings (SSSR count). The Hall–Kier alpha value is 0. The summed E-state index contributed by atoms with van der Waals surface area (Å²) in [6.07, 6.45) is 39.7. The summed E-state index contributed by atoms with van der Waals surface area (Å²) in [6, 6.07) is 0. The zero-order valence-electron chi connectivity index (χ0n) is 30.2. The molecule has 0 saturated carbocycles. The van der Waals surface area contributed by atoms with E-state index in [1.807, 2.05) is 0 Å². The highest BCUT2D eigenvalue weighted by molar-refractivity contribution is 4.96. The highest BCUT2D eigenvalue weighted by Crippen LogP contribution is 2.55. The van der Waals surface area contributed by atoms with E-state index >= 15 is 0 Å². The molecule has 0 bridgehead atoms. The van der Waals surface area contributed by atoms with E-state index in [0.717, 1.165) is 5.92 Å². The van der Waals surface area contributed by atoms with Gasteiger partial charge in [0.25, 0.3) is 0 Å². The number of rotatable bonds is 29. The van der Waals surface area contributed by atoms with Gasteiger partial charge < -0.3 is 0 Å². The summed E-state index contributed by atoms with van der Waals surface area (Å²) in [5, 5.41) is 0. The Balaban J connectivity index is 3.37. The fraction of sp³-hybridized carbons (Fsp3) is 1.00. The molecule has 0 heteroatoms. The minimum atomic E-state index is 0.339. The summed E-state index contributed by atoms with van der Waals surface area (Å²) < 4.78 is 0. The second kappa shape index (κ2) is 24.4. The van der Waals surface area contributed by atoms with Gasteiger partial charge in [-0.3, -0.25) is 0 Å². The van der Waals surface area contributed by atoms with Gasteiger partial charge in [0.2, 0.25) is 0 Å². The van der Waals surface area contributed by atoms with E-state index in [2.05, 4.69) is 62.3 Å². The Morgan fingerprint density at radius 1 is 0.350 bits per heavy atom.